The van der Waals surface area contributed by atoms with Gasteiger partial charge in [-0.2, -0.15) is 13.2 Å². The van der Waals surface area contributed by atoms with Crippen molar-refractivity contribution in [2.24, 2.45) is 0 Å². The summed E-state index contributed by atoms with van der Waals surface area (Å²) in [5.74, 6) is 0. The van der Waals surface area contributed by atoms with Crippen LogP contribution < -0.4 is 0 Å². The van der Waals surface area contributed by atoms with Crippen LogP contribution in [-0.2, 0) is 6.18 Å². The smallest absolute Gasteiger partial charge is 0.361 e. The van der Waals surface area contributed by atoms with Gasteiger partial charge < -0.3 is 4.98 Å². The monoisotopic (exact) mass is 229 g/mol. The van der Waals surface area contributed by atoms with Crippen LogP contribution in [0.2, 0.25) is 0 Å². The molecule has 0 bridgehead atoms. The molecule has 0 atom stereocenters. The van der Waals surface area contributed by atoms with Gasteiger partial charge in [-0.25, -0.2) is 0 Å². The number of aromatic nitrogens is 1. The molecular weight excluding hydrogens is 215 g/mol. The van der Waals surface area contributed by atoms with Gasteiger partial charge in [-0.05, 0) is 24.6 Å². The Morgan fingerprint density at radius 1 is 1.06 bits per heavy atom. The van der Waals surface area contributed by atoms with Crippen LogP contribution in [0.25, 0.3) is 10.9 Å². The van der Waals surface area contributed by atoms with Crippen LogP contribution in [0.4, 0.5) is 13.2 Å². The summed E-state index contributed by atoms with van der Waals surface area (Å²) < 4.78 is 37.5. The van der Waals surface area contributed by atoms with Crippen molar-refractivity contribution in [1.29, 1.82) is 0 Å². The molecule has 0 unspecified atom stereocenters. The lowest BCUT2D eigenvalue weighted by atomic mass is 10.1. The van der Waals surface area contributed by atoms with E-state index in [0.717, 1.165) is 11.6 Å². The molecule has 1 heterocycles. The van der Waals surface area contributed by atoms with Crippen LogP contribution >= 0.6 is 0 Å². The maximum atomic E-state index is 12.5. The Labute approximate surface area is 92.3 Å². The van der Waals surface area contributed by atoms with Gasteiger partial charge in [0.1, 0.15) is 0 Å². The molecule has 16 heavy (non-hydrogen) atoms. The second-order valence-electron chi connectivity index (χ2n) is 3.19. The van der Waals surface area contributed by atoms with E-state index in [1.807, 2.05) is 13.8 Å². The zero-order valence-corrected chi connectivity index (χ0v) is 9.44. The Morgan fingerprint density at radius 2 is 1.69 bits per heavy atom. The number of hydrogen-bond acceptors (Lipinski definition) is 0. The molecule has 0 saturated heterocycles. The summed E-state index contributed by atoms with van der Waals surface area (Å²) in [5.41, 5.74) is 0.398. The molecule has 0 spiro atoms. The molecule has 4 heteroatoms. The highest BCUT2D eigenvalue weighted by Crippen LogP contribution is 2.34. The fourth-order valence-corrected chi connectivity index (χ4v) is 1.54. The number of alkyl halides is 3. The van der Waals surface area contributed by atoms with Gasteiger partial charge in [-0.1, -0.05) is 19.9 Å². The Balaban J connectivity index is 0.000000606. The molecule has 2 rings (SSSR count). The Kier molecular flexibility index (Phi) is 3.62. The molecule has 1 N–H and O–H groups in total. The summed E-state index contributed by atoms with van der Waals surface area (Å²) in [6, 6.07) is 4.24. The van der Waals surface area contributed by atoms with E-state index in [0.29, 0.717) is 5.39 Å². The maximum Gasteiger partial charge on any atom is 0.418 e. The second kappa shape index (κ2) is 4.60. The number of rotatable bonds is 0. The average Bonchev–Trinajstić information content (AvgIpc) is 2.68. The standard InChI is InChI=1S/C10H8F3N.C2H6/c1-6-2-3-8(10(11,12)13)9-7(6)4-5-14-9;1-2/h2-5,14H,1H3;1-2H3. The summed E-state index contributed by atoms with van der Waals surface area (Å²) in [4.78, 5) is 2.62. The van der Waals surface area contributed by atoms with Gasteiger partial charge in [0.05, 0.1) is 11.1 Å². The molecule has 88 valence electrons. The van der Waals surface area contributed by atoms with Crippen molar-refractivity contribution in [1.82, 2.24) is 4.98 Å². The lowest BCUT2D eigenvalue weighted by molar-refractivity contribution is -0.136. The molecule has 1 aromatic carbocycles. The van der Waals surface area contributed by atoms with Crippen molar-refractivity contribution in [3.8, 4) is 0 Å². The Bertz CT molecular complexity index is 469. The topological polar surface area (TPSA) is 15.8 Å². The predicted molar refractivity (Wildman–Crippen MR) is 59.4 cm³/mol. The van der Waals surface area contributed by atoms with E-state index in [9.17, 15) is 13.2 Å². The average molecular weight is 229 g/mol. The molecular formula is C12H14F3N. The molecule has 1 aromatic heterocycles. The highest BCUT2D eigenvalue weighted by molar-refractivity contribution is 5.86. The largest absolute Gasteiger partial charge is 0.418 e. The van der Waals surface area contributed by atoms with E-state index in [2.05, 4.69) is 4.98 Å². The zero-order chi connectivity index (χ0) is 12.3. The second-order valence-corrected chi connectivity index (χ2v) is 3.19. The molecule has 2 aromatic rings. The fourth-order valence-electron chi connectivity index (χ4n) is 1.54. The van der Waals surface area contributed by atoms with Crippen LogP contribution in [0.15, 0.2) is 24.4 Å². The normalized spacial score (nSPS) is 11.1. The number of aromatic amines is 1. The van der Waals surface area contributed by atoms with E-state index in [-0.39, 0.29) is 5.52 Å². The minimum Gasteiger partial charge on any atom is -0.361 e. The van der Waals surface area contributed by atoms with Gasteiger partial charge in [-0.3, -0.25) is 0 Å². The summed E-state index contributed by atoms with van der Waals surface area (Å²) in [7, 11) is 0. The van der Waals surface area contributed by atoms with Crippen LogP contribution in [-0.4, -0.2) is 4.98 Å². The third kappa shape index (κ3) is 2.21. The first kappa shape index (κ1) is 12.6. The molecule has 1 nitrogen and oxygen atoms in total. The van der Waals surface area contributed by atoms with Gasteiger partial charge in [0.2, 0.25) is 0 Å². The van der Waals surface area contributed by atoms with Crippen molar-refractivity contribution in [2.75, 3.05) is 0 Å². The van der Waals surface area contributed by atoms with Gasteiger partial charge in [0.25, 0.3) is 0 Å². The van der Waals surface area contributed by atoms with Gasteiger partial charge >= 0.3 is 6.18 Å². The summed E-state index contributed by atoms with van der Waals surface area (Å²) >= 11 is 0. The highest BCUT2D eigenvalue weighted by Gasteiger charge is 2.33. The number of benzene rings is 1. The lowest BCUT2D eigenvalue weighted by Gasteiger charge is -2.08. The Hall–Kier alpha value is -1.45. The lowest BCUT2D eigenvalue weighted by Crippen LogP contribution is -2.05. The number of hydrogen-bond donors (Lipinski definition) is 1. The summed E-state index contributed by atoms with van der Waals surface area (Å²) in [6.45, 7) is 5.79. The van der Waals surface area contributed by atoms with Gasteiger partial charge in [0, 0.05) is 11.6 Å². The van der Waals surface area contributed by atoms with Crippen LogP contribution in [0.3, 0.4) is 0 Å². The number of nitrogens with one attached hydrogen (secondary N) is 1. The minimum atomic E-state index is -4.29. The van der Waals surface area contributed by atoms with Crippen molar-refractivity contribution in [3.05, 3.63) is 35.5 Å². The third-order valence-corrected chi connectivity index (χ3v) is 2.25. The van der Waals surface area contributed by atoms with E-state index >= 15 is 0 Å². The molecule has 0 aliphatic heterocycles. The molecule has 0 radical (unpaired) electrons. The third-order valence-electron chi connectivity index (χ3n) is 2.25. The first-order valence-electron chi connectivity index (χ1n) is 5.14. The van der Waals surface area contributed by atoms with Crippen LogP contribution in [0.1, 0.15) is 25.0 Å². The number of halogens is 3. The van der Waals surface area contributed by atoms with E-state index in [4.69, 9.17) is 0 Å². The van der Waals surface area contributed by atoms with E-state index < -0.39 is 11.7 Å². The summed E-state index contributed by atoms with van der Waals surface area (Å²) in [5, 5.41) is 0.625. The number of fused-ring (bicyclic) bond motifs is 1. The van der Waals surface area contributed by atoms with Gasteiger partial charge in [0.15, 0.2) is 0 Å². The van der Waals surface area contributed by atoms with Crippen molar-refractivity contribution < 1.29 is 13.2 Å². The maximum absolute atomic E-state index is 12.5. The van der Waals surface area contributed by atoms with Gasteiger partial charge in [-0.15, -0.1) is 0 Å². The molecule has 0 amide bonds. The predicted octanol–water partition coefficient (Wildman–Crippen LogP) is 4.52. The SMILES string of the molecule is CC.Cc1ccc(C(F)(F)F)c2[nH]ccc12. The molecule has 0 aliphatic carbocycles. The fraction of sp³-hybridized carbons (Fsp3) is 0.333. The first-order chi connectivity index (χ1) is 7.50. The van der Waals surface area contributed by atoms with Crippen LogP contribution in [0, 0.1) is 6.92 Å². The van der Waals surface area contributed by atoms with Crippen molar-refractivity contribution in [3.63, 3.8) is 0 Å². The number of H-pyrrole nitrogens is 1. The zero-order valence-electron chi connectivity index (χ0n) is 9.44. The molecule has 0 saturated carbocycles. The number of aryl methyl sites for hydroxylation is 1. The minimum absolute atomic E-state index is 0.164. The quantitative estimate of drug-likeness (QED) is 0.683. The Morgan fingerprint density at radius 3 is 2.25 bits per heavy atom. The summed E-state index contributed by atoms with van der Waals surface area (Å²) in [6.07, 6.45) is -2.77. The van der Waals surface area contributed by atoms with Crippen molar-refractivity contribution >= 4 is 10.9 Å². The highest BCUT2D eigenvalue weighted by atomic mass is 19.4. The van der Waals surface area contributed by atoms with E-state index in [1.54, 1.807) is 13.0 Å². The van der Waals surface area contributed by atoms with Crippen LogP contribution in [0.5, 0.6) is 0 Å². The van der Waals surface area contributed by atoms with E-state index in [1.165, 1.54) is 12.3 Å². The molecule has 0 fully saturated rings. The van der Waals surface area contributed by atoms with Crippen molar-refractivity contribution in [2.45, 2.75) is 26.9 Å². The molecule has 0 aliphatic rings. The first-order valence-corrected chi connectivity index (χ1v) is 5.14.